The highest BCUT2D eigenvalue weighted by atomic mass is 32.2. The summed E-state index contributed by atoms with van der Waals surface area (Å²) in [6, 6.07) is 17.2. The number of nitrogens with one attached hydrogen (secondary N) is 3. The van der Waals surface area contributed by atoms with Crippen molar-refractivity contribution in [3.63, 3.8) is 0 Å². The third-order valence-electron chi connectivity index (χ3n) is 7.42. The maximum Gasteiger partial charge on any atom is 0.255 e. The van der Waals surface area contributed by atoms with Crippen LogP contribution in [0.5, 0.6) is 0 Å². The molecule has 3 amide bonds. The number of H-pyrrole nitrogens is 1. The molecule has 8 nitrogen and oxygen atoms in total. The fraction of sp³-hybridized carbons (Fsp3) is 0.276. The van der Waals surface area contributed by atoms with Crippen LogP contribution in [0, 0.1) is 0 Å². The van der Waals surface area contributed by atoms with Gasteiger partial charge in [0.15, 0.2) is 0 Å². The zero-order valence-electron chi connectivity index (χ0n) is 20.9. The second-order valence-corrected chi connectivity index (χ2v) is 10.6. The predicted molar refractivity (Wildman–Crippen MR) is 146 cm³/mol. The van der Waals surface area contributed by atoms with Gasteiger partial charge >= 0.3 is 0 Å². The minimum atomic E-state index is -0.749. The SMILES string of the molecule is CSCC[C@H](NC(=O)[C@@H]1Cc2c([nH]c3ccccc23)[C@H]2c3ccccc3C(=O)N21)C(=O)NCc1ccco1. The van der Waals surface area contributed by atoms with E-state index < -0.39 is 12.1 Å². The number of carbonyl (C=O) groups is 3. The van der Waals surface area contributed by atoms with Gasteiger partial charge in [0.2, 0.25) is 11.8 Å². The van der Waals surface area contributed by atoms with Crippen LogP contribution in [-0.2, 0) is 22.6 Å². The van der Waals surface area contributed by atoms with Crippen molar-refractivity contribution in [2.45, 2.75) is 37.5 Å². The molecule has 0 saturated heterocycles. The van der Waals surface area contributed by atoms with Gasteiger partial charge in [-0.2, -0.15) is 11.8 Å². The molecule has 9 heteroatoms. The number of thioether (sulfide) groups is 1. The molecule has 0 spiro atoms. The summed E-state index contributed by atoms with van der Waals surface area (Å²) in [5.74, 6) is 0.563. The Morgan fingerprint density at radius 2 is 1.95 bits per heavy atom. The van der Waals surface area contributed by atoms with Gasteiger partial charge < -0.3 is 24.9 Å². The first kappa shape index (κ1) is 24.4. The Hall–Kier alpha value is -3.98. The monoisotopic (exact) mass is 528 g/mol. The molecule has 3 N–H and O–H groups in total. The van der Waals surface area contributed by atoms with E-state index in [1.54, 1.807) is 35.1 Å². The van der Waals surface area contributed by atoms with Crippen LogP contribution in [0.2, 0.25) is 0 Å². The van der Waals surface area contributed by atoms with Crippen LogP contribution in [0.15, 0.2) is 71.3 Å². The zero-order valence-corrected chi connectivity index (χ0v) is 21.7. The summed E-state index contributed by atoms with van der Waals surface area (Å²) >= 11 is 1.61. The van der Waals surface area contributed by atoms with Gasteiger partial charge in [-0.1, -0.05) is 36.4 Å². The van der Waals surface area contributed by atoms with Crippen molar-refractivity contribution >= 4 is 40.4 Å². The molecule has 6 rings (SSSR count). The largest absolute Gasteiger partial charge is 0.467 e. The summed E-state index contributed by atoms with van der Waals surface area (Å²) < 4.78 is 5.32. The van der Waals surface area contributed by atoms with Gasteiger partial charge in [0, 0.05) is 28.6 Å². The van der Waals surface area contributed by atoms with Crippen LogP contribution in [0.4, 0.5) is 0 Å². The van der Waals surface area contributed by atoms with Crippen molar-refractivity contribution in [3.8, 4) is 0 Å². The zero-order chi connectivity index (χ0) is 26.2. The molecule has 194 valence electrons. The molecule has 2 aliphatic heterocycles. The fourth-order valence-corrected chi connectivity index (χ4v) is 6.09. The smallest absolute Gasteiger partial charge is 0.255 e. The topological polar surface area (TPSA) is 107 Å². The summed E-state index contributed by atoms with van der Waals surface area (Å²) in [6.45, 7) is 0.238. The van der Waals surface area contributed by atoms with E-state index in [1.165, 1.54) is 0 Å². The molecule has 3 atom stereocenters. The summed E-state index contributed by atoms with van der Waals surface area (Å²) in [6.07, 6.45) is 4.35. The standard InChI is InChI=1S/C29H28N4O4S/c1-38-14-12-23(27(34)30-16-17-7-6-13-37-17)32-28(35)24-15-21-18-8-4-5-11-22(18)31-25(21)26-19-9-2-3-10-20(19)29(36)33(24)26/h2-11,13,23-24,26,31H,12,14-16H2,1H3,(H,30,34)(H,32,35)/t23-,24-,26+/m0/s1. The molecule has 0 saturated carbocycles. The molecular weight excluding hydrogens is 500 g/mol. The maximum atomic E-state index is 13.9. The molecule has 4 aromatic rings. The second kappa shape index (κ2) is 10.1. The Morgan fingerprint density at radius 1 is 1.13 bits per heavy atom. The van der Waals surface area contributed by atoms with Crippen LogP contribution in [0.1, 0.15) is 45.4 Å². The van der Waals surface area contributed by atoms with E-state index in [2.05, 4.69) is 15.6 Å². The average molecular weight is 529 g/mol. The minimum Gasteiger partial charge on any atom is -0.467 e. The lowest BCUT2D eigenvalue weighted by Crippen LogP contribution is -2.56. The number of furan rings is 1. The number of rotatable bonds is 8. The molecule has 2 aromatic carbocycles. The van der Waals surface area contributed by atoms with Crippen molar-refractivity contribution in [1.82, 2.24) is 20.5 Å². The average Bonchev–Trinajstić information content (AvgIpc) is 3.66. The van der Waals surface area contributed by atoms with E-state index in [1.807, 2.05) is 54.8 Å². The van der Waals surface area contributed by atoms with Gasteiger partial charge in [-0.15, -0.1) is 0 Å². The molecule has 38 heavy (non-hydrogen) atoms. The number of aromatic nitrogens is 1. The van der Waals surface area contributed by atoms with E-state index >= 15 is 0 Å². The Bertz CT molecular complexity index is 1510. The van der Waals surface area contributed by atoms with Crippen LogP contribution in [-0.4, -0.2) is 51.7 Å². The number of para-hydroxylation sites is 1. The molecule has 0 unspecified atom stereocenters. The number of carbonyl (C=O) groups excluding carboxylic acids is 3. The second-order valence-electron chi connectivity index (χ2n) is 9.62. The van der Waals surface area contributed by atoms with Crippen molar-refractivity contribution in [2.75, 3.05) is 12.0 Å². The molecular formula is C29H28N4O4S. The van der Waals surface area contributed by atoms with Crippen molar-refractivity contribution in [1.29, 1.82) is 0 Å². The van der Waals surface area contributed by atoms with Gasteiger partial charge in [-0.05, 0) is 53.8 Å². The minimum absolute atomic E-state index is 0.169. The maximum absolute atomic E-state index is 13.9. The molecule has 0 radical (unpaired) electrons. The van der Waals surface area contributed by atoms with Gasteiger partial charge in [-0.3, -0.25) is 14.4 Å². The van der Waals surface area contributed by atoms with E-state index in [4.69, 9.17) is 4.42 Å². The van der Waals surface area contributed by atoms with Crippen LogP contribution >= 0.6 is 11.8 Å². The Kier molecular flexibility index (Phi) is 6.45. The van der Waals surface area contributed by atoms with E-state index in [0.717, 1.165) is 27.7 Å². The summed E-state index contributed by atoms with van der Waals surface area (Å²) in [4.78, 5) is 45.8. The van der Waals surface area contributed by atoms with E-state index in [0.29, 0.717) is 29.9 Å². The Labute approximate surface area is 224 Å². The van der Waals surface area contributed by atoms with E-state index in [9.17, 15) is 14.4 Å². The van der Waals surface area contributed by atoms with Crippen LogP contribution in [0.3, 0.4) is 0 Å². The number of hydrogen-bond acceptors (Lipinski definition) is 5. The summed E-state index contributed by atoms with van der Waals surface area (Å²) in [5.41, 5.74) is 4.46. The highest BCUT2D eigenvalue weighted by Crippen LogP contribution is 2.46. The van der Waals surface area contributed by atoms with Gasteiger partial charge in [0.25, 0.3) is 5.91 Å². The van der Waals surface area contributed by atoms with Gasteiger partial charge in [-0.25, -0.2) is 0 Å². The lowest BCUT2D eigenvalue weighted by atomic mass is 9.89. The number of amides is 3. The van der Waals surface area contributed by atoms with E-state index in [-0.39, 0.29) is 30.3 Å². The first-order valence-electron chi connectivity index (χ1n) is 12.7. The van der Waals surface area contributed by atoms with Crippen LogP contribution < -0.4 is 10.6 Å². The molecule has 2 aliphatic rings. The van der Waals surface area contributed by atoms with Crippen molar-refractivity contribution in [2.24, 2.45) is 0 Å². The van der Waals surface area contributed by atoms with Gasteiger partial charge in [0.05, 0.1) is 18.8 Å². The fourth-order valence-electron chi connectivity index (χ4n) is 5.62. The molecule has 0 aliphatic carbocycles. The number of hydrogen-bond donors (Lipinski definition) is 3. The molecule has 4 heterocycles. The molecule has 0 fully saturated rings. The Morgan fingerprint density at radius 3 is 2.76 bits per heavy atom. The van der Waals surface area contributed by atoms with Crippen molar-refractivity contribution in [3.05, 3.63) is 95.1 Å². The highest BCUT2D eigenvalue weighted by Gasteiger charge is 2.49. The quantitative estimate of drug-likeness (QED) is 0.323. The summed E-state index contributed by atoms with van der Waals surface area (Å²) in [5, 5.41) is 6.90. The van der Waals surface area contributed by atoms with Gasteiger partial charge in [0.1, 0.15) is 17.8 Å². The molecule has 0 bridgehead atoms. The summed E-state index contributed by atoms with van der Waals surface area (Å²) in [7, 11) is 0. The number of nitrogens with zero attached hydrogens (tertiary/aromatic N) is 1. The first-order chi connectivity index (χ1) is 18.6. The lowest BCUT2D eigenvalue weighted by Gasteiger charge is -2.37. The predicted octanol–water partition coefficient (Wildman–Crippen LogP) is 3.79. The number of benzene rings is 2. The number of aromatic amines is 1. The lowest BCUT2D eigenvalue weighted by molar-refractivity contribution is -0.132. The van der Waals surface area contributed by atoms with Crippen LogP contribution in [0.25, 0.3) is 10.9 Å². The normalized spacial score (nSPS) is 18.6. The third kappa shape index (κ3) is 4.16. The number of fused-ring (bicyclic) bond motifs is 7. The van der Waals surface area contributed by atoms with Crippen molar-refractivity contribution < 1.29 is 18.8 Å². The molecule has 2 aromatic heterocycles. The highest BCUT2D eigenvalue weighted by molar-refractivity contribution is 7.98. The third-order valence-corrected chi connectivity index (χ3v) is 8.06. The Balaban J connectivity index is 1.32. The first-order valence-corrected chi connectivity index (χ1v) is 14.1.